The topological polar surface area (TPSA) is 109 Å². The van der Waals surface area contributed by atoms with Crippen molar-refractivity contribution in [3.05, 3.63) is 96.0 Å². The van der Waals surface area contributed by atoms with Crippen LogP contribution in [0.25, 0.3) is 89.7 Å². The summed E-state index contributed by atoms with van der Waals surface area (Å²) in [5.74, 6) is 2.24. The summed E-state index contributed by atoms with van der Waals surface area (Å²) in [7, 11) is 0. The van der Waals surface area contributed by atoms with Crippen molar-refractivity contribution < 1.29 is 16.8 Å². The number of halogens is 1. The first kappa shape index (κ1) is 24.8. The second-order valence-electron chi connectivity index (χ2n) is 9.91. The number of H-pyrrole nitrogens is 2. The number of fused-ring (bicyclic) bond motifs is 20. The molecule has 10 heteroatoms. The van der Waals surface area contributed by atoms with Gasteiger partial charge in [-0.25, -0.2) is 29.9 Å². The van der Waals surface area contributed by atoms with Crippen LogP contribution in [-0.2, 0) is 16.8 Å². The Morgan fingerprint density at radius 1 is 0.405 bits per heavy atom. The SMILES string of the molecule is Clc1cccc2c3nc4nc(nc5[nH]c(nc6nc(nc([nH]3)c12)-c1ccccc1-6)c1ccccc51)-c1ccccc1-4.[Co]. The van der Waals surface area contributed by atoms with Gasteiger partial charge in [0.05, 0.1) is 5.02 Å². The normalized spacial score (nSPS) is 11.7. The number of benzene rings is 4. The van der Waals surface area contributed by atoms with Crippen LogP contribution in [0.1, 0.15) is 0 Å². The van der Waals surface area contributed by atoms with Crippen molar-refractivity contribution >= 4 is 55.7 Å². The molecule has 0 amide bonds. The van der Waals surface area contributed by atoms with Crippen molar-refractivity contribution in [3.63, 3.8) is 0 Å². The van der Waals surface area contributed by atoms with E-state index < -0.39 is 0 Å². The van der Waals surface area contributed by atoms with E-state index in [-0.39, 0.29) is 16.8 Å². The van der Waals surface area contributed by atoms with E-state index in [0.717, 1.165) is 43.8 Å². The van der Waals surface area contributed by atoms with Crippen molar-refractivity contribution in [3.8, 4) is 45.6 Å². The first-order chi connectivity index (χ1) is 20.2. The van der Waals surface area contributed by atoms with Crippen molar-refractivity contribution in [1.82, 2.24) is 39.9 Å². The van der Waals surface area contributed by atoms with E-state index in [1.54, 1.807) is 0 Å². The summed E-state index contributed by atoms with van der Waals surface area (Å²) in [5.41, 5.74) is 6.09. The molecule has 9 rings (SSSR count). The fraction of sp³-hybridized carbons (Fsp3) is 0. The third-order valence-corrected chi connectivity index (χ3v) is 7.84. The van der Waals surface area contributed by atoms with E-state index in [4.69, 9.17) is 41.5 Å². The first-order valence-electron chi connectivity index (χ1n) is 13.1. The Kier molecular flexibility index (Phi) is 5.48. The van der Waals surface area contributed by atoms with Crippen LogP contribution < -0.4 is 0 Å². The average molecular weight is 608 g/mol. The van der Waals surface area contributed by atoms with Gasteiger partial charge < -0.3 is 9.97 Å². The Labute approximate surface area is 253 Å². The second-order valence-corrected chi connectivity index (χ2v) is 10.3. The molecule has 5 heterocycles. The van der Waals surface area contributed by atoms with E-state index in [2.05, 4.69) is 9.97 Å². The molecule has 42 heavy (non-hydrogen) atoms. The summed E-state index contributed by atoms with van der Waals surface area (Å²) < 4.78 is 0. The van der Waals surface area contributed by atoms with Gasteiger partial charge in [0.1, 0.15) is 22.6 Å². The number of hydrogen-bond acceptors (Lipinski definition) is 6. The van der Waals surface area contributed by atoms with Gasteiger partial charge in [-0.1, -0.05) is 96.5 Å². The monoisotopic (exact) mass is 607 g/mol. The Morgan fingerprint density at radius 3 is 1.29 bits per heavy atom. The average Bonchev–Trinajstić information content (AvgIpc) is 3.73. The van der Waals surface area contributed by atoms with Crippen LogP contribution >= 0.6 is 11.6 Å². The second kappa shape index (κ2) is 9.28. The minimum absolute atomic E-state index is 0. The molecule has 4 aromatic carbocycles. The zero-order valence-corrected chi connectivity index (χ0v) is 23.4. The minimum Gasteiger partial charge on any atom is -0.324 e. The van der Waals surface area contributed by atoms with Crippen LogP contribution in [0.5, 0.6) is 0 Å². The molecule has 0 saturated heterocycles. The van der Waals surface area contributed by atoms with Gasteiger partial charge in [0, 0.05) is 60.6 Å². The Balaban J connectivity index is 0.00000267. The molecule has 0 spiro atoms. The molecule has 2 aliphatic rings. The number of rotatable bonds is 0. The number of nitrogens with zero attached hydrogens (tertiary/aromatic N) is 6. The Morgan fingerprint density at radius 2 is 0.786 bits per heavy atom. The molecule has 201 valence electrons. The first-order valence-corrected chi connectivity index (χ1v) is 13.5. The molecule has 7 aromatic rings. The van der Waals surface area contributed by atoms with Gasteiger partial charge in [0.15, 0.2) is 23.3 Å². The van der Waals surface area contributed by atoms with Gasteiger partial charge in [0.25, 0.3) is 0 Å². The van der Waals surface area contributed by atoms with Crippen LogP contribution in [0.4, 0.5) is 0 Å². The molecule has 0 saturated carbocycles. The quantitative estimate of drug-likeness (QED) is 0.185. The maximum absolute atomic E-state index is 6.73. The Hall–Kier alpha value is -4.96. The number of aromatic nitrogens is 8. The summed E-state index contributed by atoms with van der Waals surface area (Å²) in [4.78, 5) is 36.6. The molecule has 8 bridgehead atoms. The van der Waals surface area contributed by atoms with Gasteiger partial charge in [-0.2, -0.15) is 0 Å². The van der Waals surface area contributed by atoms with Crippen LogP contribution in [0.3, 0.4) is 0 Å². The molecule has 0 aliphatic carbocycles. The summed E-state index contributed by atoms with van der Waals surface area (Å²) in [6.45, 7) is 0. The minimum atomic E-state index is 0. The summed E-state index contributed by atoms with van der Waals surface area (Å²) >= 11 is 6.73. The van der Waals surface area contributed by atoms with E-state index in [0.29, 0.717) is 50.9 Å². The van der Waals surface area contributed by atoms with Crippen LogP contribution in [-0.4, -0.2) is 39.9 Å². The standard InChI is InChI=1S/C32H17ClN8.Co/c33-23-15-7-14-22-24(23)32-40-30-21-13-6-5-12-20(21)28(38-30)36-26-17-9-2-1-8-16(17)25(34-26)35-27-18-10-3-4-11-19(18)29(37-27)39-31(22)41-32;/h1-15H,(H2,34,35,36,37,38,39,40,41);. The maximum Gasteiger partial charge on any atom is 0.164 e. The van der Waals surface area contributed by atoms with Gasteiger partial charge in [-0.05, 0) is 6.07 Å². The summed E-state index contributed by atoms with van der Waals surface area (Å²) in [6, 6.07) is 29.7. The predicted molar refractivity (Wildman–Crippen MR) is 161 cm³/mol. The van der Waals surface area contributed by atoms with Gasteiger partial charge in [-0.15, -0.1) is 0 Å². The smallest absolute Gasteiger partial charge is 0.164 e. The number of aromatic amines is 2. The van der Waals surface area contributed by atoms with E-state index >= 15 is 0 Å². The van der Waals surface area contributed by atoms with Crippen molar-refractivity contribution in [2.75, 3.05) is 0 Å². The van der Waals surface area contributed by atoms with Crippen molar-refractivity contribution in [2.45, 2.75) is 0 Å². The molecule has 0 atom stereocenters. The van der Waals surface area contributed by atoms with E-state index in [1.807, 2.05) is 91.0 Å². The Bertz CT molecular complexity index is 2410. The van der Waals surface area contributed by atoms with E-state index in [1.165, 1.54) is 0 Å². The fourth-order valence-corrected chi connectivity index (χ4v) is 5.91. The third kappa shape index (κ3) is 3.61. The summed E-state index contributed by atoms with van der Waals surface area (Å²) in [6.07, 6.45) is 0. The third-order valence-electron chi connectivity index (χ3n) is 7.53. The molecule has 3 aromatic heterocycles. The van der Waals surface area contributed by atoms with Gasteiger partial charge >= 0.3 is 0 Å². The van der Waals surface area contributed by atoms with E-state index in [9.17, 15) is 0 Å². The zero-order chi connectivity index (χ0) is 27.1. The van der Waals surface area contributed by atoms with Gasteiger partial charge in [-0.3, -0.25) is 0 Å². The van der Waals surface area contributed by atoms with Crippen LogP contribution in [0.15, 0.2) is 91.0 Å². The largest absolute Gasteiger partial charge is 0.324 e. The fourth-order valence-electron chi connectivity index (χ4n) is 5.65. The zero-order valence-electron chi connectivity index (χ0n) is 21.6. The number of nitrogens with one attached hydrogen (secondary N) is 2. The molecule has 1 radical (unpaired) electrons. The molecule has 0 fully saturated rings. The predicted octanol–water partition coefficient (Wildman–Crippen LogP) is 7.52. The van der Waals surface area contributed by atoms with Gasteiger partial charge in [0.2, 0.25) is 0 Å². The number of hydrogen-bond donors (Lipinski definition) is 2. The maximum atomic E-state index is 6.73. The summed E-state index contributed by atoms with van der Waals surface area (Å²) in [5, 5.41) is 4.05. The molecular formula is C32H17ClCoN8. The molecule has 2 N–H and O–H groups in total. The van der Waals surface area contributed by atoms with Crippen molar-refractivity contribution in [1.29, 1.82) is 0 Å². The van der Waals surface area contributed by atoms with Crippen molar-refractivity contribution in [2.24, 2.45) is 0 Å². The van der Waals surface area contributed by atoms with Crippen LogP contribution in [0.2, 0.25) is 5.02 Å². The molecule has 0 unspecified atom stereocenters. The van der Waals surface area contributed by atoms with Crippen LogP contribution in [0, 0.1) is 0 Å². The molecule has 2 aliphatic heterocycles. The molecular weight excluding hydrogens is 591 g/mol. The molecule has 8 nitrogen and oxygen atoms in total.